The predicted molar refractivity (Wildman–Crippen MR) is 66.2 cm³/mol. The molecule has 0 aromatic heterocycles. The molecular weight excluding hydrogens is 259 g/mol. The Bertz CT molecular complexity index is 269. The minimum Gasteiger partial charge on any atom is -0.379 e. The number of morpholine rings is 1. The molecule has 0 spiro atoms. The highest BCUT2D eigenvalue weighted by Crippen LogP contribution is 2.16. The van der Waals surface area contributed by atoms with Gasteiger partial charge in [-0.2, -0.15) is 13.2 Å². The zero-order valence-corrected chi connectivity index (χ0v) is 11.1. The van der Waals surface area contributed by atoms with E-state index in [4.69, 9.17) is 4.74 Å². The summed E-state index contributed by atoms with van der Waals surface area (Å²) in [5, 5.41) is 2.45. The molecule has 0 aromatic carbocycles. The molecule has 1 atom stereocenters. The summed E-state index contributed by atoms with van der Waals surface area (Å²) in [6.07, 6.45) is -3.00. The first-order chi connectivity index (χ1) is 9.04. The monoisotopic (exact) mass is 281 g/mol. The van der Waals surface area contributed by atoms with Gasteiger partial charge in [0.2, 0.25) is 0 Å². The van der Waals surface area contributed by atoms with Gasteiger partial charge in [0.25, 0.3) is 0 Å². The van der Waals surface area contributed by atoms with Crippen LogP contribution in [-0.2, 0) is 4.74 Å². The topological polar surface area (TPSA) is 27.7 Å². The van der Waals surface area contributed by atoms with Gasteiger partial charge in [-0.1, -0.05) is 0 Å². The Balaban J connectivity index is 1.59. The van der Waals surface area contributed by atoms with Gasteiger partial charge in [-0.25, -0.2) is 0 Å². The summed E-state index contributed by atoms with van der Waals surface area (Å²) < 4.78 is 41.2. The molecule has 4 nitrogen and oxygen atoms in total. The maximum atomic E-state index is 12.0. The first-order valence-corrected chi connectivity index (χ1v) is 6.86. The fraction of sp³-hybridized carbons (Fsp3) is 1.00. The number of ether oxygens (including phenoxy) is 1. The molecule has 19 heavy (non-hydrogen) atoms. The number of hydrogen-bond acceptors (Lipinski definition) is 4. The van der Waals surface area contributed by atoms with Crippen molar-refractivity contribution in [3.8, 4) is 0 Å². The molecule has 2 heterocycles. The number of hydrogen-bond donors (Lipinski definition) is 1. The van der Waals surface area contributed by atoms with Crippen molar-refractivity contribution in [2.75, 3.05) is 59.0 Å². The average molecular weight is 281 g/mol. The number of nitrogens with one attached hydrogen (secondary N) is 1. The molecule has 2 aliphatic heterocycles. The van der Waals surface area contributed by atoms with Gasteiger partial charge in [0, 0.05) is 38.8 Å². The molecule has 1 N–H and O–H groups in total. The second-order valence-electron chi connectivity index (χ2n) is 5.18. The molecule has 0 amide bonds. The number of likely N-dealkylation sites (tertiary alicyclic amines) is 1. The third-order valence-electron chi connectivity index (χ3n) is 3.74. The van der Waals surface area contributed by atoms with Crippen molar-refractivity contribution in [3.05, 3.63) is 0 Å². The lowest BCUT2D eigenvalue weighted by Gasteiger charge is -2.32. The van der Waals surface area contributed by atoms with Crippen LogP contribution in [-0.4, -0.2) is 81.0 Å². The van der Waals surface area contributed by atoms with Gasteiger partial charge in [0.1, 0.15) is 0 Å². The highest BCUT2D eigenvalue weighted by atomic mass is 19.4. The fourth-order valence-electron chi connectivity index (χ4n) is 2.72. The van der Waals surface area contributed by atoms with Crippen molar-refractivity contribution >= 4 is 0 Å². The highest BCUT2D eigenvalue weighted by Gasteiger charge is 2.29. The van der Waals surface area contributed by atoms with E-state index in [1.54, 1.807) is 0 Å². The van der Waals surface area contributed by atoms with Gasteiger partial charge in [0.15, 0.2) is 0 Å². The molecule has 7 heteroatoms. The molecular formula is C12H22F3N3O. The van der Waals surface area contributed by atoms with Crippen LogP contribution in [0.1, 0.15) is 6.42 Å². The highest BCUT2D eigenvalue weighted by molar-refractivity contribution is 4.84. The van der Waals surface area contributed by atoms with Crippen molar-refractivity contribution in [1.29, 1.82) is 0 Å². The van der Waals surface area contributed by atoms with Crippen molar-refractivity contribution < 1.29 is 17.9 Å². The maximum Gasteiger partial charge on any atom is 0.401 e. The lowest BCUT2D eigenvalue weighted by Crippen LogP contribution is -2.45. The molecule has 0 radical (unpaired) electrons. The van der Waals surface area contributed by atoms with Crippen LogP contribution < -0.4 is 5.32 Å². The number of alkyl halides is 3. The molecule has 0 aliphatic carbocycles. The van der Waals surface area contributed by atoms with E-state index >= 15 is 0 Å². The second-order valence-corrected chi connectivity index (χ2v) is 5.18. The van der Waals surface area contributed by atoms with E-state index in [1.807, 2.05) is 0 Å². The van der Waals surface area contributed by atoms with Crippen molar-refractivity contribution in [1.82, 2.24) is 15.1 Å². The van der Waals surface area contributed by atoms with Crippen LogP contribution in [0.5, 0.6) is 0 Å². The van der Waals surface area contributed by atoms with E-state index < -0.39 is 12.7 Å². The van der Waals surface area contributed by atoms with Gasteiger partial charge in [0.05, 0.1) is 19.8 Å². The van der Waals surface area contributed by atoms with Gasteiger partial charge in [-0.3, -0.25) is 4.90 Å². The molecule has 2 rings (SSSR count). The van der Waals surface area contributed by atoms with E-state index in [1.165, 1.54) is 0 Å². The zero-order valence-electron chi connectivity index (χ0n) is 11.1. The Kier molecular flexibility index (Phi) is 5.44. The predicted octanol–water partition coefficient (Wildman–Crippen LogP) is 0.545. The third kappa shape index (κ3) is 5.25. The third-order valence-corrected chi connectivity index (χ3v) is 3.74. The Hall–Kier alpha value is -0.370. The lowest BCUT2D eigenvalue weighted by molar-refractivity contribution is -0.124. The van der Waals surface area contributed by atoms with Gasteiger partial charge in [-0.05, 0) is 13.0 Å². The molecule has 2 fully saturated rings. The van der Waals surface area contributed by atoms with E-state index in [0.29, 0.717) is 19.1 Å². The summed E-state index contributed by atoms with van der Waals surface area (Å²) in [6.45, 7) is 5.69. The summed E-state index contributed by atoms with van der Waals surface area (Å²) in [7, 11) is 0. The zero-order chi connectivity index (χ0) is 13.7. The van der Waals surface area contributed by atoms with E-state index in [9.17, 15) is 13.2 Å². The average Bonchev–Trinajstić information content (AvgIpc) is 2.83. The van der Waals surface area contributed by atoms with Crippen LogP contribution in [0.25, 0.3) is 0 Å². The number of nitrogens with zero attached hydrogens (tertiary/aromatic N) is 2. The smallest absolute Gasteiger partial charge is 0.379 e. The van der Waals surface area contributed by atoms with Gasteiger partial charge >= 0.3 is 6.18 Å². The summed E-state index contributed by atoms with van der Waals surface area (Å²) in [4.78, 5) is 4.68. The number of rotatable bonds is 5. The van der Waals surface area contributed by atoms with Crippen molar-refractivity contribution in [2.24, 2.45) is 0 Å². The first kappa shape index (κ1) is 15.0. The quantitative estimate of drug-likeness (QED) is 0.745. The standard InChI is InChI=1S/C12H22F3N3O/c13-12(14,15)10-16-2-4-17-3-1-11(9-17)18-5-7-19-8-6-18/h11,16H,1-10H2. The fourth-order valence-corrected chi connectivity index (χ4v) is 2.72. The summed E-state index contributed by atoms with van der Waals surface area (Å²) in [5.41, 5.74) is 0. The largest absolute Gasteiger partial charge is 0.401 e. The molecule has 0 bridgehead atoms. The van der Waals surface area contributed by atoms with Gasteiger partial charge in [-0.15, -0.1) is 0 Å². The summed E-state index contributed by atoms with van der Waals surface area (Å²) in [6, 6.07) is 0.548. The minimum absolute atomic E-state index is 0.398. The first-order valence-electron chi connectivity index (χ1n) is 6.86. The Labute approximate surface area is 111 Å². The van der Waals surface area contributed by atoms with Gasteiger partial charge < -0.3 is 15.0 Å². The number of halogens is 3. The Morgan fingerprint density at radius 1 is 1.16 bits per heavy atom. The second kappa shape index (κ2) is 6.88. The molecule has 2 aliphatic rings. The van der Waals surface area contributed by atoms with Crippen LogP contribution >= 0.6 is 0 Å². The Morgan fingerprint density at radius 2 is 1.89 bits per heavy atom. The van der Waals surface area contributed by atoms with Crippen LogP contribution in [0.2, 0.25) is 0 Å². The van der Waals surface area contributed by atoms with Crippen LogP contribution in [0.15, 0.2) is 0 Å². The van der Waals surface area contributed by atoms with Crippen LogP contribution in [0, 0.1) is 0 Å². The van der Waals surface area contributed by atoms with Crippen molar-refractivity contribution in [2.45, 2.75) is 18.6 Å². The molecule has 0 aromatic rings. The summed E-state index contributed by atoms with van der Waals surface area (Å²) >= 11 is 0. The maximum absolute atomic E-state index is 12.0. The van der Waals surface area contributed by atoms with Crippen LogP contribution in [0.3, 0.4) is 0 Å². The molecule has 1 unspecified atom stereocenters. The van der Waals surface area contributed by atoms with Crippen molar-refractivity contribution in [3.63, 3.8) is 0 Å². The van der Waals surface area contributed by atoms with Crippen LogP contribution in [0.4, 0.5) is 13.2 Å². The van der Waals surface area contributed by atoms with E-state index in [0.717, 1.165) is 45.8 Å². The molecule has 2 saturated heterocycles. The SMILES string of the molecule is FC(F)(F)CNCCN1CCC(N2CCOCC2)C1. The molecule has 112 valence electrons. The Morgan fingerprint density at radius 3 is 2.58 bits per heavy atom. The lowest BCUT2D eigenvalue weighted by atomic mass is 10.2. The minimum atomic E-state index is -4.11. The van der Waals surface area contributed by atoms with E-state index in [-0.39, 0.29) is 0 Å². The summed E-state index contributed by atoms with van der Waals surface area (Å²) in [5.74, 6) is 0. The normalized spacial score (nSPS) is 27.0. The molecule has 0 saturated carbocycles. The van der Waals surface area contributed by atoms with E-state index in [2.05, 4.69) is 15.1 Å².